The number of unbranched alkanes of at least 4 members (excludes halogenated alkanes) is 15. The Balaban J connectivity index is 3.28. The molecule has 0 unspecified atom stereocenters. The molecule has 0 aromatic carbocycles. The minimum absolute atomic E-state index is 0.0591. The summed E-state index contributed by atoms with van der Waals surface area (Å²) in [4.78, 5) is 4.64. The van der Waals surface area contributed by atoms with Crippen LogP contribution in [0.2, 0.25) is 0 Å². The van der Waals surface area contributed by atoms with E-state index in [1.807, 2.05) is 0 Å². The van der Waals surface area contributed by atoms with E-state index in [2.05, 4.69) is 18.9 Å². The van der Waals surface area contributed by atoms with Gasteiger partial charge in [0.1, 0.15) is 0 Å². The number of hydrogen-bond donors (Lipinski definition) is 0. The monoisotopic (exact) mass is 464 g/mol. The summed E-state index contributed by atoms with van der Waals surface area (Å²) in [6, 6.07) is 0. The first-order chi connectivity index (χ1) is 14.3. The van der Waals surface area contributed by atoms with E-state index >= 15 is 0 Å². The molecule has 0 saturated heterocycles. The fraction of sp³-hybridized carbons (Fsp3) is 1.00. The van der Waals surface area contributed by atoms with E-state index < -0.39 is 20.0 Å². The van der Waals surface area contributed by atoms with Gasteiger partial charge in [-0.3, -0.25) is 0 Å². The Morgan fingerprint density at radius 3 is 0.833 bits per heavy atom. The third kappa shape index (κ3) is 19.8. The zero-order chi connectivity index (χ0) is 22.6. The molecule has 12 heteroatoms. The van der Waals surface area contributed by atoms with Crippen molar-refractivity contribution in [2.45, 2.75) is 103 Å². The van der Waals surface area contributed by atoms with Gasteiger partial charge in [-0.15, -0.1) is 0 Å². The summed E-state index contributed by atoms with van der Waals surface area (Å²) in [5.41, 5.74) is 16.3. The van der Waals surface area contributed by atoms with Crippen molar-refractivity contribution >= 4 is 20.0 Å². The van der Waals surface area contributed by atoms with Gasteiger partial charge in [0.25, 0.3) is 0 Å². The van der Waals surface area contributed by atoms with Crippen molar-refractivity contribution in [3.05, 3.63) is 20.9 Å². The van der Waals surface area contributed by atoms with Gasteiger partial charge in [-0.05, 0) is 23.9 Å². The average Bonchev–Trinajstić information content (AvgIpc) is 2.66. The first kappa shape index (κ1) is 28.5. The minimum atomic E-state index is -3.59. The van der Waals surface area contributed by atoms with Crippen molar-refractivity contribution in [3.63, 3.8) is 0 Å². The summed E-state index contributed by atoms with van der Waals surface area (Å²) < 4.78 is 50.4. The van der Waals surface area contributed by atoms with E-state index in [9.17, 15) is 16.8 Å². The van der Waals surface area contributed by atoms with Crippen molar-refractivity contribution in [2.75, 3.05) is 11.5 Å². The molecule has 0 aromatic rings. The molecule has 0 aromatic heterocycles. The molecule has 0 atom stereocenters. The lowest BCUT2D eigenvalue weighted by Gasteiger charge is -2.04. The van der Waals surface area contributed by atoms with Crippen molar-refractivity contribution in [3.8, 4) is 0 Å². The first-order valence-corrected chi connectivity index (χ1v) is 14.1. The number of sulfonamides is 2. The maximum atomic E-state index is 11.2. The fourth-order valence-corrected chi connectivity index (χ4v) is 4.76. The van der Waals surface area contributed by atoms with Gasteiger partial charge in [-0.1, -0.05) is 89.9 Å². The second kappa shape index (κ2) is 18.3. The topological polar surface area (TPSA) is 166 Å². The molecule has 0 fully saturated rings. The molecule has 0 amide bonds. The standard InChI is InChI=1S/C18H36N6O4S2/c19-21-23-29(25,26)17-15-13-11-9-7-5-3-1-2-4-6-8-10-12-14-16-18-30(27,28)24-22-20/h1-18H2. The van der Waals surface area contributed by atoms with E-state index in [4.69, 9.17) is 11.1 Å². The average molecular weight is 465 g/mol. The molecule has 0 rings (SSSR count). The van der Waals surface area contributed by atoms with Crippen LogP contribution in [0.4, 0.5) is 0 Å². The lowest BCUT2D eigenvalue weighted by atomic mass is 10.0. The molecule has 0 aliphatic heterocycles. The van der Waals surface area contributed by atoms with Crippen LogP contribution >= 0.6 is 0 Å². The molecule has 0 aliphatic rings. The molecule has 0 N–H and O–H groups in total. The highest BCUT2D eigenvalue weighted by atomic mass is 32.2. The lowest BCUT2D eigenvalue weighted by molar-refractivity contribution is 0.530. The molecule has 10 nitrogen and oxygen atoms in total. The number of hydrogen-bond acceptors (Lipinski definition) is 4. The van der Waals surface area contributed by atoms with Crippen molar-refractivity contribution < 1.29 is 16.8 Å². The Morgan fingerprint density at radius 1 is 0.433 bits per heavy atom. The Kier molecular flexibility index (Phi) is 17.4. The van der Waals surface area contributed by atoms with Crippen LogP contribution < -0.4 is 0 Å². The van der Waals surface area contributed by atoms with Crippen LogP contribution in [0.15, 0.2) is 9.04 Å². The van der Waals surface area contributed by atoms with Crippen molar-refractivity contribution in [1.82, 2.24) is 0 Å². The predicted octanol–water partition coefficient (Wildman–Crippen LogP) is 6.51. The molecule has 0 heterocycles. The minimum Gasteiger partial charge on any atom is -0.221 e. The van der Waals surface area contributed by atoms with Gasteiger partial charge in [0.05, 0.1) is 11.5 Å². The van der Waals surface area contributed by atoms with Gasteiger partial charge in [0.2, 0.25) is 20.0 Å². The predicted molar refractivity (Wildman–Crippen MR) is 120 cm³/mol. The third-order valence-electron chi connectivity index (χ3n) is 4.88. The van der Waals surface area contributed by atoms with E-state index in [1.54, 1.807) is 0 Å². The van der Waals surface area contributed by atoms with Crippen LogP contribution in [0.1, 0.15) is 103 Å². The normalized spacial score (nSPS) is 11.6. The highest BCUT2D eigenvalue weighted by Crippen LogP contribution is 2.14. The number of azide groups is 2. The fourth-order valence-electron chi connectivity index (χ4n) is 3.24. The summed E-state index contributed by atoms with van der Waals surface area (Å²) in [7, 11) is -7.18. The maximum Gasteiger partial charge on any atom is 0.235 e. The van der Waals surface area contributed by atoms with E-state index in [-0.39, 0.29) is 11.5 Å². The van der Waals surface area contributed by atoms with Gasteiger partial charge in [-0.25, -0.2) is 16.8 Å². The smallest absolute Gasteiger partial charge is 0.221 e. The summed E-state index contributed by atoms with van der Waals surface area (Å²) in [6.45, 7) is 0. The zero-order valence-corrected chi connectivity index (χ0v) is 19.5. The second-order valence-electron chi connectivity index (χ2n) is 7.57. The summed E-state index contributed by atoms with van der Waals surface area (Å²) in [5.74, 6) is -0.118. The summed E-state index contributed by atoms with van der Waals surface area (Å²) in [6.07, 6.45) is 16.9. The molecular weight excluding hydrogens is 428 g/mol. The van der Waals surface area contributed by atoms with Gasteiger partial charge < -0.3 is 0 Å². The van der Waals surface area contributed by atoms with Crippen LogP contribution in [0.25, 0.3) is 20.9 Å². The Hall–Kier alpha value is -1.48. The molecular formula is C18H36N6O4S2. The first-order valence-electron chi connectivity index (χ1n) is 10.9. The van der Waals surface area contributed by atoms with Crippen LogP contribution in [0.5, 0.6) is 0 Å². The molecule has 0 spiro atoms. The maximum absolute atomic E-state index is 11.2. The SMILES string of the molecule is [N-]=[N+]=NS(=O)(=O)CCCCCCCCCCCCCCCCCCS(=O)(=O)N=[N+]=[N-]. The second-order valence-corrected chi connectivity index (χ2v) is 11.0. The van der Waals surface area contributed by atoms with Crippen molar-refractivity contribution in [2.24, 2.45) is 9.04 Å². The molecule has 0 bridgehead atoms. The molecule has 0 saturated carbocycles. The van der Waals surface area contributed by atoms with Gasteiger partial charge >= 0.3 is 0 Å². The highest BCUT2D eigenvalue weighted by molar-refractivity contribution is 7.90. The Bertz CT molecular complexity index is 679. The molecule has 0 radical (unpaired) electrons. The largest absolute Gasteiger partial charge is 0.235 e. The molecule has 174 valence electrons. The van der Waals surface area contributed by atoms with Crippen LogP contribution in [-0.2, 0) is 20.0 Å². The molecule has 0 aliphatic carbocycles. The van der Waals surface area contributed by atoms with Crippen LogP contribution in [0.3, 0.4) is 0 Å². The molecule has 30 heavy (non-hydrogen) atoms. The van der Waals surface area contributed by atoms with Crippen LogP contribution in [0, 0.1) is 0 Å². The summed E-state index contributed by atoms with van der Waals surface area (Å²) >= 11 is 0. The van der Waals surface area contributed by atoms with Gasteiger partial charge in [0.15, 0.2) is 0 Å². The number of nitrogens with zero attached hydrogens (tertiary/aromatic N) is 6. The van der Waals surface area contributed by atoms with Crippen LogP contribution in [-0.4, -0.2) is 28.3 Å². The summed E-state index contributed by atoms with van der Waals surface area (Å²) in [5, 5.41) is 0. The third-order valence-corrected chi connectivity index (χ3v) is 7.13. The lowest BCUT2D eigenvalue weighted by Crippen LogP contribution is -2.00. The van der Waals surface area contributed by atoms with Gasteiger partial charge in [-0.2, -0.15) is 0 Å². The zero-order valence-electron chi connectivity index (χ0n) is 17.9. The van der Waals surface area contributed by atoms with Crippen molar-refractivity contribution in [1.29, 1.82) is 0 Å². The Labute approximate surface area is 181 Å². The van der Waals surface area contributed by atoms with Gasteiger partial charge in [0, 0.05) is 18.9 Å². The highest BCUT2D eigenvalue weighted by Gasteiger charge is 2.07. The van der Waals surface area contributed by atoms with E-state index in [0.29, 0.717) is 12.8 Å². The quantitative estimate of drug-likeness (QED) is 0.0817. The Morgan fingerprint density at radius 2 is 0.633 bits per heavy atom. The van der Waals surface area contributed by atoms with E-state index in [1.165, 1.54) is 51.4 Å². The van der Waals surface area contributed by atoms with E-state index in [0.717, 1.165) is 38.5 Å². The number of rotatable bonds is 21.